The Labute approximate surface area is 128 Å². The predicted octanol–water partition coefficient (Wildman–Crippen LogP) is 3.17. The minimum atomic E-state index is -0.721. The molecule has 3 rings (SSSR count). The van der Waals surface area contributed by atoms with Gasteiger partial charge >= 0.3 is 5.97 Å². The van der Waals surface area contributed by atoms with E-state index in [1.54, 1.807) is 11.3 Å². The molecule has 0 bridgehead atoms. The number of carbonyl (C=O) groups is 1. The van der Waals surface area contributed by atoms with Crippen molar-refractivity contribution in [3.8, 4) is 10.6 Å². The molecule has 21 heavy (non-hydrogen) atoms. The first-order valence-corrected chi connectivity index (χ1v) is 8.00. The Morgan fingerprint density at radius 3 is 2.90 bits per heavy atom. The molecule has 0 aliphatic carbocycles. The number of aromatic nitrogens is 1. The van der Waals surface area contributed by atoms with Crippen LogP contribution in [-0.2, 0) is 11.3 Å². The summed E-state index contributed by atoms with van der Waals surface area (Å²) in [6.45, 7) is 3.53. The van der Waals surface area contributed by atoms with Gasteiger partial charge in [0.1, 0.15) is 11.0 Å². The van der Waals surface area contributed by atoms with Crippen LogP contribution in [-0.4, -0.2) is 33.5 Å². The second-order valence-electron chi connectivity index (χ2n) is 5.48. The van der Waals surface area contributed by atoms with Crippen LogP contribution in [0.3, 0.4) is 0 Å². The highest BCUT2D eigenvalue weighted by atomic mass is 32.1. The topological polar surface area (TPSA) is 53.4 Å². The number of carboxylic acids is 1. The first kappa shape index (κ1) is 14.2. The third-order valence-corrected chi connectivity index (χ3v) is 4.80. The highest BCUT2D eigenvalue weighted by Gasteiger charge is 2.30. The van der Waals surface area contributed by atoms with Gasteiger partial charge in [0.05, 0.1) is 5.69 Å². The molecule has 5 heteroatoms. The highest BCUT2D eigenvalue weighted by molar-refractivity contribution is 7.13. The van der Waals surface area contributed by atoms with E-state index in [0.717, 1.165) is 35.7 Å². The summed E-state index contributed by atoms with van der Waals surface area (Å²) in [7, 11) is 0. The Hall–Kier alpha value is -1.72. The van der Waals surface area contributed by atoms with Crippen molar-refractivity contribution in [3.63, 3.8) is 0 Å². The number of nitrogens with zero attached hydrogens (tertiary/aromatic N) is 2. The molecule has 0 radical (unpaired) electrons. The zero-order chi connectivity index (χ0) is 14.8. The molecule has 1 aliphatic heterocycles. The van der Waals surface area contributed by atoms with Crippen LogP contribution in [0.15, 0.2) is 29.6 Å². The van der Waals surface area contributed by atoms with Gasteiger partial charge < -0.3 is 5.11 Å². The van der Waals surface area contributed by atoms with E-state index < -0.39 is 5.97 Å². The van der Waals surface area contributed by atoms with Crippen molar-refractivity contribution in [2.45, 2.75) is 32.4 Å². The molecule has 110 valence electrons. The number of aliphatic carboxylic acids is 1. The summed E-state index contributed by atoms with van der Waals surface area (Å²) in [5.74, 6) is -0.721. The first-order valence-electron chi connectivity index (χ1n) is 7.12. The maximum absolute atomic E-state index is 11.2. The summed E-state index contributed by atoms with van der Waals surface area (Å²) < 4.78 is 0. The molecule has 0 spiro atoms. The van der Waals surface area contributed by atoms with Crippen LogP contribution in [0.4, 0.5) is 0 Å². The van der Waals surface area contributed by atoms with Gasteiger partial charge in [0.25, 0.3) is 0 Å². The zero-order valence-corrected chi connectivity index (χ0v) is 12.8. The average Bonchev–Trinajstić information content (AvgIpc) is 3.09. The standard InChI is InChI=1S/C16H18N2O2S/c1-11-4-6-12(7-5-11)15-17-13(10-21-15)9-18-8-2-3-14(18)16(19)20/h4-7,10,14H,2-3,8-9H2,1H3,(H,19,20). The maximum Gasteiger partial charge on any atom is 0.320 e. The van der Waals surface area contributed by atoms with Gasteiger partial charge in [0.2, 0.25) is 0 Å². The summed E-state index contributed by atoms with van der Waals surface area (Å²) in [5.41, 5.74) is 3.31. The molecule has 1 N–H and O–H groups in total. The maximum atomic E-state index is 11.2. The van der Waals surface area contributed by atoms with Crippen molar-refractivity contribution in [2.24, 2.45) is 0 Å². The molecule has 1 fully saturated rings. The Kier molecular flexibility index (Phi) is 4.03. The quantitative estimate of drug-likeness (QED) is 0.942. The number of hydrogen-bond donors (Lipinski definition) is 1. The van der Waals surface area contributed by atoms with E-state index in [4.69, 9.17) is 0 Å². The molecule has 0 amide bonds. The fourth-order valence-corrected chi connectivity index (χ4v) is 3.53. The van der Waals surface area contributed by atoms with Gasteiger partial charge in [-0.15, -0.1) is 11.3 Å². The fraction of sp³-hybridized carbons (Fsp3) is 0.375. The fourth-order valence-electron chi connectivity index (χ4n) is 2.71. The third kappa shape index (κ3) is 3.14. The minimum Gasteiger partial charge on any atom is -0.480 e. The number of likely N-dealkylation sites (tertiary alicyclic amines) is 1. The summed E-state index contributed by atoms with van der Waals surface area (Å²) in [5, 5.41) is 12.2. The largest absolute Gasteiger partial charge is 0.480 e. The normalized spacial score (nSPS) is 19.0. The molecule has 1 aromatic heterocycles. The monoisotopic (exact) mass is 302 g/mol. The van der Waals surface area contributed by atoms with E-state index in [-0.39, 0.29) is 6.04 Å². The van der Waals surface area contributed by atoms with Crippen molar-refractivity contribution in [1.82, 2.24) is 9.88 Å². The average molecular weight is 302 g/mol. The lowest BCUT2D eigenvalue weighted by Gasteiger charge is -2.19. The number of carboxylic acid groups (broad SMARTS) is 1. The molecule has 0 saturated carbocycles. The second kappa shape index (κ2) is 5.95. The number of benzene rings is 1. The molecule has 2 aromatic rings. The summed E-state index contributed by atoms with van der Waals surface area (Å²) in [6.07, 6.45) is 1.69. The van der Waals surface area contributed by atoms with E-state index >= 15 is 0 Å². The summed E-state index contributed by atoms with van der Waals surface area (Å²) in [4.78, 5) is 17.9. The van der Waals surface area contributed by atoms with E-state index in [1.165, 1.54) is 5.56 Å². The van der Waals surface area contributed by atoms with E-state index in [9.17, 15) is 9.90 Å². The Balaban J connectivity index is 1.73. The van der Waals surface area contributed by atoms with Crippen LogP contribution in [0.5, 0.6) is 0 Å². The predicted molar refractivity (Wildman–Crippen MR) is 83.4 cm³/mol. The first-order chi connectivity index (χ1) is 10.1. The molecule has 2 heterocycles. The van der Waals surface area contributed by atoms with Crippen LogP contribution >= 0.6 is 11.3 Å². The van der Waals surface area contributed by atoms with E-state index in [0.29, 0.717) is 6.54 Å². The SMILES string of the molecule is Cc1ccc(-c2nc(CN3CCCC3C(=O)O)cs2)cc1. The summed E-state index contributed by atoms with van der Waals surface area (Å²) >= 11 is 1.62. The van der Waals surface area contributed by atoms with Gasteiger partial charge in [-0.05, 0) is 26.3 Å². The minimum absolute atomic E-state index is 0.352. The Morgan fingerprint density at radius 2 is 2.19 bits per heavy atom. The molecule has 1 unspecified atom stereocenters. The Morgan fingerprint density at radius 1 is 1.43 bits per heavy atom. The molecule has 1 atom stereocenters. The van der Waals surface area contributed by atoms with Crippen molar-refractivity contribution in [1.29, 1.82) is 0 Å². The number of rotatable bonds is 4. The van der Waals surface area contributed by atoms with Crippen molar-refractivity contribution in [2.75, 3.05) is 6.54 Å². The number of thiazole rings is 1. The lowest BCUT2D eigenvalue weighted by atomic mass is 10.2. The molecule has 1 aromatic carbocycles. The van der Waals surface area contributed by atoms with Crippen LogP contribution in [0.25, 0.3) is 10.6 Å². The van der Waals surface area contributed by atoms with Crippen molar-refractivity contribution >= 4 is 17.3 Å². The van der Waals surface area contributed by atoms with E-state index in [2.05, 4.69) is 36.2 Å². The van der Waals surface area contributed by atoms with Gasteiger partial charge in [-0.25, -0.2) is 4.98 Å². The van der Waals surface area contributed by atoms with Crippen molar-refractivity contribution in [3.05, 3.63) is 40.9 Å². The molecular formula is C16H18N2O2S. The molecule has 1 saturated heterocycles. The van der Waals surface area contributed by atoms with E-state index in [1.807, 2.05) is 10.3 Å². The zero-order valence-electron chi connectivity index (χ0n) is 12.0. The van der Waals surface area contributed by atoms with Gasteiger partial charge in [0.15, 0.2) is 0 Å². The molecule has 4 nitrogen and oxygen atoms in total. The number of hydrogen-bond acceptors (Lipinski definition) is 4. The van der Waals surface area contributed by atoms with Crippen LogP contribution in [0.1, 0.15) is 24.1 Å². The lowest BCUT2D eigenvalue weighted by molar-refractivity contribution is -0.142. The van der Waals surface area contributed by atoms with Crippen LogP contribution < -0.4 is 0 Å². The highest BCUT2D eigenvalue weighted by Crippen LogP contribution is 2.26. The summed E-state index contributed by atoms with van der Waals surface area (Å²) in [6, 6.07) is 7.96. The van der Waals surface area contributed by atoms with Gasteiger partial charge in [0, 0.05) is 17.5 Å². The number of aryl methyl sites for hydroxylation is 1. The molecule has 1 aliphatic rings. The smallest absolute Gasteiger partial charge is 0.320 e. The van der Waals surface area contributed by atoms with Gasteiger partial charge in [-0.2, -0.15) is 0 Å². The van der Waals surface area contributed by atoms with Crippen molar-refractivity contribution < 1.29 is 9.90 Å². The molecular weight excluding hydrogens is 284 g/mol. The van der Waals surface area contributed by atoms with Gasteiger partial charge in [-0.3, -0.25) is 9.69 Å². The van der Waals surface area contributed by atoms with Crippen LogP contribution in [0.2, 0.25) is 0 Å². The lowest BCUT2D eigenvalue weighted by Crippen LogP contribution is -2.35. The van der Waals surface area contributed by atoms with Gasteiger partial charge in [-0.1, -0.05) is 29.8 Å². The Bertz CT molecular complexity index is 636. The third-order valence-electron chi connectivity index (χ3n) is 3.86. The second-order valence-corrected chi connectivity index (χ2v) is 6.33. The van der Waals surface area contributed by atoms with Crippen LogP contribution in [0, 0.1) is 6.92 Å².